The Balaban J connectivity index is 2.09. The molecular weight excluding hydrogens is 270 g/mol. The summed E-state index contributed by atoms with van der Waals surface area (Å²) < 4.78 is 0. The Morgan fingerprint density at radius 3 is 2.60 bits per heavy atom. The predicted molar refractivity (Wildman–Crippen MR) is 88.0 cm³/mol. The summed E-state index contributed by atoms with van der Waals surface area (Å²) in [6.45, 7) is 9.24. The van der Waals surface area contributed by atoms with E-state index in [1.807, 2.05) is 11.8 Å². The Hall–Kier alpha value is -0.260. The second kappa shape index (κ2) is 10.5. The summed E-state index contributed by atoms with van der Waals surface area (Å²) in [6.07, 6.45) is 2.62. The molecule has 1 aliphatic heterocycles. The van der Waals surface area contributed by atoms with Gasteiger partial charge in [-0.3, -0.25) is 9.69 Å². The van der Waals surface area contributed by atoms with Crippen molar-refractivity contribution in [3.05, 3.63) is 0 Å². The first-order chi connectivity index (χ1) is 9.63. The van der Waals surface area contributed by atoms with E-state index in [-0.39, 0.29) is 5.91 Å². The number of carbonyl (C=O) groups excluding carboxylic acids is 1. The Morgan fingerprint density at radius 2 is 2.00 bits per heavy atom. The van der Waals surface area contributed by atoms with Crippen LogP contribution < -0.4 is 11.1 Å². The number of nitrogens with zero attached hydrogens (tertiary/aromatic N) is 1. The number of thioether (sulfide) groups is 1. The zero-order valence-corrected chi connectivity index (χ0v) is 13.9. The van der Waals surface area contributed by atoms with Crippen molar-refractivity contribution in [1.82, 2.24) is 10.2 Å². The summed E-state index contributed by atoms with van der Waals surface area (Å²) in [4.78, 5) is 14.3. The predicted octanol–water partition coefficient (Wildman–Crippen LogP) is 1.55. The highest BCUT2D eigenvalue weighted by atomic mass is 32.2. The molecule has 5 heteroatoms. The van der Waals surface area contributed by atoms with E-state index in [0.29, 0.717) is 18.3 Å². The van der Waals surface area contributed by atoms with E-state index in [1.54, 1.807) is 0 Å². The van der Waals surface area contributed by atoms with Crippen LogP contribution in [0, 0.1) is 11.8 Å². The molecule has 4 nitrogen and oxygen atoms in total. The zero-order valence-electron chi connectivity index (χ0n) is 13.1. The van der Waals surface area contributed by atoms with Gasteiger partial charge in [0.1, 0.15) is 0 Å². The number of hydrogen-bond donors (Lipinski definition) is 2. The van der Waals surface area contributed by atoms with Gasteiger partial charge in [-0.2, -0.15) is 11.8 Å². The average Bonchev–Trinajstić information content (AvgIpc) is 2.44. The van der Waals surface area contributed by atoms with Gasteiger partial charge in [0.15, 0.2) is 0 Å². The molecule has 118 valence electrons. The van der Waals surface area contributed by atoms with Gasteiger partial charge in [0, 0.05) is 44.1 Å². The molecule has 1 fully saturated rings. The standard InChI is InChI=1S/C15H31N3OS/c1-13(2)14(5-6-16)3-4-15(19)17-7-8-18-9-11-20-12-10-18/h13-14H,3-12,16H2,1-2H3,(H,17,19). The maximum Gasteiger partial charge on any atom is 0.220 e. The summed E-state index contributed by atoms with van der Waals surface area (Å²) in [5.41, 5.74) is 5.63. The lowest BCUT2D eigenvalue weighted by molar-refractivity contribution is -0.121. The third-order valence-electron chi connectivity index (χ3n) is 4.08. The molecule has 1 atom stereocenters. The Morgan fingerprint density at radius 1 is 1.30 bits per heavy atom. The lowest BCUT2D eigenvalue weighted by Gasteiger charge is -2.26. The molecule has 1 aliphatic rings. The Kier molecular flexibility index (Phi) is 9.31. The molecule has 0 aromatic heterocycles. The molecule has 0 aliphatic carbocycles. The quantitative estimate of drug-likeness (QED) is 0.678. The van der Waals surface area contributed by atoms with Crippen molar-refractivity contribution >= 4 is 17.7 Å². The molecule has 0 aromatic rings. The molecule has 1 heterocycles. The number of amides is 1. The fourth-order valence-corrected chi connectivity index (χ4v) is 3.59. The fourth-order valence-electron chi connectivity index (χ4n) is 2.61. The van der Waals surface area contributed by atoms with E-state index in [9.17, 15) is 4.79 Å². The largest absolute Gasteiger partial charge is 0.355 e. The van der Waals surface area contributed by atoms with E-state index in [1.165, 1.54) is 11.5 Å². The van der Waals surface area contributed by atoms with E-state index in [4.69, 9.17) is 5.73 Å². The number of hydrogen-bond acceptors (Lipinski definition) is 4. The number of nitrogens with two attached hydrogens (primary N) is 1. The van der Waals surface area contributed by atoms with Crippen molar-refractivity contribution in [2.75, 3.05) is 44.2 Å². The second-order valence-corrected chi connectivity index (χ2v) is 7.15. The van der Waals surface area contributed by atoms with Crippen molar-refractivity contribution < 1.29 is 4.79 Å². The lowest BCUT2D eigenvalue weighted by Crippen LogP contribution is -2.39. The smallest absolute Gasteiger partial charge is 0.220 e. The van der Waals surface area contributed by atoms with Gasteiger partial charge >= 0.3 is 0 Å². The van der Waals surface area contributed by atoms with E-state index in [0.717, 1.165) is 45.6 Å². The van der Waals surface area contributed by atoms with Crippen LogP contribution in [0.2, 0.25) is 0 Å². The van der Waals surface area contributed by atoms with Crippen molar-refractivity contribution in [2.24, 2.45) is 17.6 Å². The summed E-state index contributed by atoms with van der Waals surface area (Å²) in [5, 5.41) is 3.05. The van der Waals surface area contributed by atoms with Gasteiger partial charge in [-0.1, -0.05) is 13.8 Å². The van der Waals surface area contributed by atoms with Crippen molar-refractivity contribution in [3.63, 3.8) is 0 Å². The molecule has 1 unspecified atom stereocenters. The molecule has 1 rings (SSSR count). The minimum absolute atomic E-state index is 0.194. The van der Waals surface area contributed by atoms with E-state index >= 15 is 0 Å². The molecule has 1 saturated heterocycles. The summed E-state index contributed by atoms with van der Waals surface area (Å²) >= 11 is 2.02. The molecule has 3 N–H and O–H groups in total. The van der Waals surface area contributed by atoms with E-state index in [2.05, 4.69) is 24.1 Å². The van der Waals surface area contributed by atoms with Gasteiger partial charge < -0.3 is 11.1 Å². The third kappa shape index (κ3) is 7.50. The van der Waals surface area contributed by atoms with Crippen LogP contribution in [0.25, 0.3) is 0 Å². The molecular formula is C15H31N3OS. The summed E-state index contributed by atoms with van der Waals surface area (Å²) in [5.74, 6) is 3.83. The Bertz CT molecular complexity index is 268. The summed E-state index contributed by atoms with van der Waals surface area (Å²) in [6, 6.07) is 0. The second-order valence-electron chi connectivity index (χ2n) is 5.92. The van der Waals surface area contributed by atoms with Crippen molar-refractivity contribution in [2.45, 2.75) is 33.1 Å². The highest BCUT2D eigenvalue weighted by molar-refractivity contribution is 7.99. The SMILES string of the molecule is CC(C)C(CCN)CCC(=O)NCCN1CCSCC1. The van der Waals surface area contributed by atoms with Crippen LogP contribution in [-0.2, 0) is 4.79 Å². The number of nitrogens with one attached hydrogen (secondary N) is 1. The van der Waals surface area contributed by atoms with Gasteiger partial charge in [0.2, 0.25) is 5.91 Å². The molecule has 0 bridgehead atoms. The topological polar surface area (TPSA) is 58.4 Å². The minimum atomic E-state index is 0.194. The maximum atomic E-state index is 11.9. The van der Waals surface area contributed by atoms with Crippen LogP contribution in [0.15, 0.2) is 0 Å². The molecule has 0 saturated carbocycles. The fraction of sp³-hybridized carbons (Fsp3) is 0.933. The van der Waals surface area contributed by atoms with E-state index < -0.39 is 0 Å². The molecule has 20 heavy (non-hydrogen) atoms. The van der Waals surface area contributed by atoms with Crippen molar-refractivity contribution in [1.29, 1.82) is 0 Å². The van der Waals surface area contributed by atoms with Crippen LogP contribution >= 0.6 is 11.8 Å². The minimum Gasteiger partial charge on any atom is -0.355 e. The zero-order chi connectivity index (χ0) is 14.8. The highest BCUT2D eigenvalue weighted by Gasteiger charge is 2.15. The van der Waals surface area contributed by atoms with Crippen LogP contribution in [0.5, 0.6) is 0 Å². The average molecular weight is 302 g/mol. The molecule has 0 aromatic carbocycles. The first kappa shape index (κ1) is 17.8. The number of rotatable bonds is 9. The van der Waals surface area contributed by atoms with Crippen LogP contribution in [0.3, 0.4) is 0 Å². The first-order valence-corrected chi connectivity index (χ1v) is 9.05. The van der Waals surface area contributed by atoms with Gasteiger partial charge in [0.25, 0.3) is 0 Å². The van der Waals surface area contributed by atoms with Crippen LogP contribution in [-0.4, -0.2) is 55.0 Å². The van der Waals surface area contributed by atoms with Gasteiger partial charge in [-0.15, -0.1) is 0 Å². The Labute approximate surface area is 128 Å². The van der Waals surface area contributed by atoms with Crippen molar-refractivity contribution in [3.8, 4) is 0 Å². The normalized spacial score (nSPS) is 18.2. The van der Waals surface area contributed by atoms with Gasteiger partial charge in [-0.05, 0) is 31.2 Å². The third-order valence-corrected chi connectivity index (χ3v) is 5.02. The molecule has 1 amide bonds. The molecule has 0 spiro atoms. The van der Waals surface area contributed by atoms with Crippen LogP contribution in [0.1, 0.15) is 33.1 Å². The lowest BCUT2D eigenvalue weighted by atomic mass is 9.88. The monoisotopic (exact) mass is 301 g/mol. The highest BCUT2D eigenvalue weighted by Crippen LogP contribution is 2.20. The number of carbonyl (C=O) groups is 1. The first-order valence-electron chi connectivity index (χ1n) is 7.90. The molecule has 0 radical (unpaired) electrons. The van der Waals surface area contributed by atoms with Gasteiger partial charge in [-0.25, -0.2) is 0 Å². The van der Waals surface area contributed by atoms with Gasteiger partial charge in [0.05, 0.1) is 0 Å². The summed E-state index contributed by atoms with van der Waals surface area (Å²) in [7, 11) is 0. The maximum absolute atomic E-state index is 11.9. The van der Waals surface area contributed by atoms with Crippen LogP contribution in [0.4, 0.5) is 0 Å².